The van der Waals surface area contributed by atoms with Crippen molar-refractivity contribution in [3.63, 3.8) is 0 Å². The predicted molar refractivity (Wildman–Crippen MR) is 101 cm³/mol. The van der Waals surface area contributed by atoms with Crippen LogP contribution in [0.2, 0.25) is 0 Å². The molecule has 2 heterocycles. The molecular weight excluding hydrogens is 330 g/mol. The molecule has 136 valence electrons. The quantitative estimate of drug-likeness (QED) is 0.837. The van der Waals surface area contributed by atoms with Gasteiger partial charge < -0.3 is 15.0 Å². The van der Waals surface area contributed by atoms with Crippen LogP contribution in [0, 0.1) is 13.8 Å². The first-order valence-electron chi connectivity index (χ1n) is 8.78. The molecule has 6 heteroatoms. The van der Waals surface area contributed by atoms with Crippen LogP contribution in [0.25, 0.3) is 0 Å². The SMILES string of the molecule is Cc1ccc(C(=O)OCC(=O)Nc2ccc(N3CCCC3)cc2C)cn1. The third kappa shape index (κ3) is 4.39. The maximum atomic E-state index is 12.1. The van der Waals surface area contributed by atoms with Gasteiger partial charge in [-0.05, 0) is 62.6 Å². The minimum atomic E-state index is -0.561. The third-order valence-electron chi connectivity index (χ3n) is 4.44. The maximum Gasteiger partial charge on any atom is 0.340 e. The van der Waals surface area contributed by atoms with Crippen molar-refractivity contribution < 1.29 is 14.3 Å². The van der Waals surface area contributed by atoms with Crippen LogP contribution in [0.1, 0.15) is 34.5 Å². The Kier molecular flexibility index (Phi) is 5.51. The lowest BCUT2D eigenvalue weighted by Gasteiger charge is -2.19. The van der Waals surface area contributed by atoms with Crippen molar-refractivity contribution in [2.75, 3.05) is 29.9 Å². The first-order valence-corrected chi connectivity index (χ1v) is 8.78. The monoisotopic (exact) mass is 353 g/mol. The number of nitrogens with one attached hydrogen (secondary N) is 1. The second-order valence-corrected chi connectivity index (χ2v) is 6.51. The van der Waals surface area contributed by atoms with Crippen LogP contribution in [-0.4, -0.2) is 36.6 Å². The van der Waals surface area contributed by atoms with E-state index < -0.39 is 5.97 Å². The van der Waals surface area contributed by atoms with Gasteiger partial charge in [0.2, 0.25) is 0 Å². The molecule has 6 nitrogen and oxygen atoms in total. The minimum absolute atomic E-state index is 0.328. The first kappa shape index (κ1) is 17.9. The van der Waals surface area contributed by atoms with Gasteiger partial charge in [0, 0.05) is 36.4 Å². The van der Waals surface area contributed by atoms with Crippen LogP contribution in [0.4, 0.5) is 11.4 Å². The summed E-state index contributed by atoms with van der Waals surface area (Å²) in [5, 5.41) is 2.79. The molecule has 1 aromatic carbocycles. The highest BCUT2D eigenvalue weighted by atomic mass is 16.5. The lowest BCUT2D eigenvalue weighted by Crippen LogP contribution is -2.22. The maximum absolute atomic E-state index is 12.1. The molecule has 0 unspecified atom stereocenters. The van der Waals surface area contributed by atoms with Crippen molar-refractivity contribution in [1.82, 2.24) is 4.98 Å². The number of carbonyl (C=O) groups is 2. The fourth-order valence-electron chi connectivity index (χ4n) is 2.95. The zero-order chi connectivity index (χ0) is 18.5. The zero-order valence-electron chi connectivity index (χ0n) is 15.1. The Morgan fingerprint density at radius 2 is 1.92 bits per heavy atom. The van der Waals surface area contributed by atoms with Gasteiger partial charge in [0.25, 0.3) is 5.91 Å². The minimum Gasteiger partial charge on any atom is -0.452 e. The van der Waals surface area contributed by atoms with E-state index >= 15 is 0 Å². The molecule has 26 heavy (non-hydrogen) atoms. The number of anilines is 2. The number of aryl methyl sites for hydroxylation is 2. The molecule has 1 N–H and O–H groups in total. The van der Waals surface area contributed by atoms with E-state index in [1.807, 2.05) is 26.0 Å². The van der Waals surface area contributed by atoms with Gasteiger partial charge in [-0.1, -0.05) is 0 Å². The highest BCUT2D eigenvalue weighted by Gasteiger charge is 2.14. The van der Waals surface area contributed by atoms with Crippen molar-refractivity contribution in [3.8, 4) is 0 Å². The Morgan fingerprint density at radius 3 is 2.58 bits per heavy atom. The summed E-state index contributed by atoms with van der Waals surface area (Å²) in [6.07, 6.45) is 3.88. The summed E-state index contributed by atoms with van der Waals surface area (Å²) >= 11 is 0. The lowest BCUT2D eigenvalue weighted by atomic mass is 10.1. The van der Waals surface area contributed by atoms with Crippen molar-refractivity contribution in [1.29, 1.82) is 0 Å². The molecule has 1 aromatic heterocycles. The van der Waals surface area contributed by atoms with Crippen LogP contribution in [0.3, 0.4) is 0 Å². The standard InChI is InChI=1S/C20H23N3O3/c1-14-11-17(23-9-3-4-10-23)7-8-18(14)22-19(24)13-26-20(25)16-6-5-15(2)21-12-16/h5-8,11-12H,3-4,9-10,13H2,1-2H3,(H,22,24). The van der Waals surface area contributed by atoms with E-state index in [1.54, 1.807) is 12.1 Å². The van der Waals surface area contributed by atoms with Gasteiger partial charge in [0.05, 0.1) is 5.56 Å². The lowest BCUT2D eigenvalue weighted by molar-refractivity contribution is -0.119. The van der Waals surface area contributed by atoms with Gasteiger partial charge in [-0.25, -0.2) is 4.79 Å². The van der Waals surface area contributed by atoms with Crippen molar-refractivity contribution in [2.24, 2.45) is 0 Å². The summed E-state index contributed by atoms with van der Waals surface area (Å²) in [4.78, 5) is 30.4. The zero-order valence-corrected chi connectivity index (χ0v) is 15.1. The molecule has 1 saturated heterocycles. The molecule has 2 aromatic rings. The Hall–Kier alpha value is -2.89. The number of esters is 1. The Balaban J connectivity index is 1.54. The van der Waals surface area contributed by atoms with Gasteiger partial charge in [-0.15, -0.1) is 0 Å². The molecule has 1 aliphatic heterocycles. The fraction of sp³-hybridized carbons (Fsp3) is 0.350. The summed E-state index contributed by atoms with van der Waals surface area (Å²) in [7, 11) is 0. The van der Waals surface area contributed by atoms with Crippen LogP contribution < -0.4 is 10.2 Å². The molecule has 0 spiro atoms. The Morgan fingerprint density at radius 1 is 1.15 bits per heavy atom. The van der Waals surface area contributed by atoms with E-state index in [1.165, 1.54) is 24.7 Å². The molecule has 0 aliphatic carbocycles. The third-order valence-corrected chi connectivity index (χ3v) is 4.44. The topological polar surface area (TPSA) is 71.5 Å². The van der Waals surface area contributed by atoms with Crippen molar-refractivity contribution in [2.45, 2.75) is 26.7 Å². The van der Waals surface area contributed by atoms with Gasteiger partial charge in [0.1, 0.15) is 0 Å². The number of hydrogen-bond donors (Lipinski definition) is 1. The van der Waals surface area contributed by atoms with Crippen LogP contribution in [0.15, 0.2) is 36.5 Å². The molecule has 0 bridgehead atoms. The normalized spacial score (nSPS) is 13.5. The number of ether oxygens (including phenoxy) is 1. The van der Waals surface area contributed by atoms with Crippen LogP contribution >= 0.6 is 0 Å². The second-order valence-electron chi connectivity index (χ2n) is 6.51. The number of rotatable bonds is 5. The van der Waals surface area contributed by atoms with Crippen molar-refractivity contribution >= 4 is 23.3 Å². The average Bonchev–Trinajstić information content (AvgIpc) is 3.17. The molecule has 0 atom stereocenters. The Bertz CT molecular complexity index is 796. The number of pyridine rings is 1. The Labute approximate surface area is 153 Å². The molecule has 0 saturated carbocycles. The highest BCUT2D eigenvalue weighted by Crippen LogP contribution is 2.25. The molecule has 0 radical (unpaired) electrons. The van der Waals surface area contributed by atoms with E-state index in [0.29, 0.717) is 5.56 Å². The summed E-state index contributed by atoms with van der Waals surface area (Å²) in [6.45, 7) is 5.61. The molecule has 1 amide bonds. The number of nitrogens with zero attached hydrogens (tertiary/aromatic N) is 2. The van der Waals surface area contributed by atoms with Gasteiger partial charge >= 0.3 is 5.97 Å². The van der Waals surface area contributed by atoms with Crippen LogP contribution in [0.5, 0.6) is 0 Å². The number of amides is 1. The smallest absolute Gasteiger partial charge is 0.340 e. The summed E-state index contributed by atoms with van der Waals surface area (Å²) < 4.78 is 5.05. The van der Waals surface area contributed by atoms with E-state index in [0.717, 1.165) is 30.0 Å². The number of benzene rings is 1. The molecule has 1 fully saturated rings. The van der Waals surface area contributed by atoms with Gasteiger partial charge in [-0.3, -0.25) is 9.78 Å². The van der Waals surface area contributed by atoms with Crippen LogP contribution in [-0.2, 0) is 9.53 Å². The molecule has 3 rings (SSSR count). The summed E-state index contributed by atoms with van der Waals surface area (Å²) in [5.74, 6) is -0.927. The first-order chi connectivity index (χ1) is 12.5. The highest BCUT2D eigenvalue weighted by molar-refractivity contribution is 5.96. The average molecular weight is 353 g/mol. The number of carbonyl (C=O) groups excluding carboxylic acids is 2. The van der Waals surface area contributed by atoms with E-state index in [4.69, 9.17) is 4.74 Å². The predicted octanol–water partition coefficient (Wildman–Crippen LogP) is 3.09. The van der Waals surface area contributed by atoms with E-state index in [-0.39, 0.29) is 12.5 Å². The van der Waals surface area contributed by atoms with Crippen molar-refractivity contribution in [3.05, 3.63) is 53.3 Å². The fourth-order valence-corrected chi connectivity index (χ4v) is 2.95. The molecule has 1 aliphatic rings. The van der Waals surface area contributed by atoms with E-state index in [2.05, 4.69) is 21.3 Å². The largest absolute Gasteiger partial charge is 0.452 e. The number of aromatic nitrogens is 1. The van der Waals surface area contributed by atoms with Gasteiger partial charge in [-0.2, -0.15) is 0 Å². The summed E-state index contributed by atoms with van der Waals surface area (Å²) in [5.41, 5.74) is 4.03. The summed E-state index contributed by atoms with van der Waals surface area (Å²) in [6, 6.07) is 9.33. The molecular formula is C20H23N3O3. The second kappa shape index (κ2) is 7.99. The van der Waals surface area contributed by atoms with Gasteiger partial charge in [0.15, 0.2) is 6.61 Å². The van der Waals surface area contributed by atoms with E-state index in [9.17, 15) is 9.59 Å². The number of hydrogen-bond acceptors (Lipinski definition) is 5.